The van der Waals surface area contributed by atoms with E-state index in [-0.39, 0.29) is 0 Å². The maximum Gasteiger partial charge on any atom is 0.144 e. The molecule has 1 heterocycles. The van der Waals surface area contributed by atoms with Gasteiger partial charge in [0.15, 0.2) is 0 Å². The van der Waals surface area contributed by atoms with Crippen molar-refractivity contribution in [3.05, 3.63) is 48.3 Å². The van der Waals surface area contributed by atoms with Crippen molar-refractivity contribution >= 4 is 0 Å². The van der Waals surface area contributed by atoms with Crippen molar-refractivity contribution in [2.45, 2.75) is 6.92 Å². The Morgan fingerprint density at radius 3 is 2.80 bits per heavy atom. The lowest BCUT2D eigenvalue weighted by Crippen LogP contribution is -1.88. The third-order valence-electron chi connectivity index (χ3n) is 2.33. The molecule has 0 saturated heterocycles. The maximum absolute atomic E-state index is 5.28. The summed E-state index contributed by atoms with van der Waals surface area (Å²) in [5.74, 6) is 0.808. The molecule has 76 valence electrons. The van der Waals surface area contributed by atoms with Crippen molar-refractivity contribution < 1.29 is 4.74 Å². The summed E-state index contributed by atoms with van der Waals surface area (Å²) in [4.78, 5) is 4.04. The third kappa shape index (κ3) is 1.99. The van der Waals surface area contributed by atoms with Gasteiger partial charge in [0.1, 0.15) is 5.75 Å². The fraction of sp³-hybridized carbons (Fsp3) is 0.154. The molecule has 0 aliphatic heterocycles. The van der Waals surface area contributed by atoms with E-state index in [0.29, 0.717) is 0 Å². The summed E-state index contributed by atoms with van der Waals surface area (Å²) in [5.41, 5.74) is 3.48. The first-order chi connectivity index (χ1) is 7.31. The maximum atomic E-state index is 5.28. The van der Waals surface area contributed by atoms with Crippen molar-refractivity contribution in [1.82, 2.24) is 4.98 Å². The van der Waals surface area contributed by atoms with Crippen LogP contribution in [0.4, 0.5) is 0 Å². The third-order valence-corrected chi connectivity index (χ3v) is 2.33. The van der Waals surface area contributed by atoms with Crippen molar-refractivity contribution in [2.24, 2.45) is 0 Å². The standard InChI is InChI=1S/C13H13NO/c1-10-4-3-5-11(8-10)12-6-7-14-9-13(12)15-2/h3-9H,1-2H3. The number of hydrogen-bond acceptors (Lipinski definition) is 2. The molecule has 2 aromatic rings. The van der Waals surface area contributed by atoms with Crippen LogP contribution in [0.5, 0.6) is 5.75 Å². The van der Waals surface area contributed by atoms with Crippen LogP contribution < -0.4 is 4.74 Å². The van der Waals surface area contributed by atoms with Crippen LogP contribution in [0.3, 0.4) is 0 Å². The van der Waals surface area contributed by atoms with Crippen LogP contribution in [0.1, 0.15) is 5.56 Å². The van der Waals surface area contributed by atoms with E-state index in [2.05, 4.69) is 30.1 Å². The van der Waals surface area contributed by atoms with E-state index in [1.807, 2.05) is 12.1 Å². The Morgan fingerprint density at radius 1 is 1.20 bits per heavy atom. The summed E-state index contributed by atoms with van der Waals surface area (Å²) in [5, 5.41) is 0. The average Bonchev–Trinajstić information content (AvgIpc) is 2.29. The normalized spacial score (nSPS) is 10.0. The second kappa shape index (κ2) is 4.13. The molecule has 2 nitrogen and oxygen atoms in total. The molecule has 0 saturated carbocycles. The summed E-state index contributed by atoms with van der Waals surface area (Å²) in [7, 11) is 1.66. The number of hydrogen-bond donors (Lipinski definition) is 0. The molecule has 0 N–H and O–H groups in total. The van der Waals surface area contributed by atoms with E-state index in [9.17, 15) is 0 Å². The number of pyridine rings is 1. The largest absolute Gasteiger partial charge is 0.494 e. The topological polar surface area (TPSA) is 22.1 Å². The molecule has 0 spiro atoms. The zero-order chi connectivity index (χ0) is 10.7. The number of benzene rings is 1. The van der Waals surface area contributed by atoms with Crippen LogP contribution in [0.15, 0.2) is 42.7 Å². The molecule has 0 atom stereocenters. The van der Waals surface area contributed by atoms with Gasteiger partial charge in [-0.3, -0.25) is 4.98 Å². The average molecular weight is 199 g/mol. The Balaban J connectivity index is 2.53. The number of ether oxygens (including phenoxy) is 1. The van der Waals surface area contributed by atoms with Crippen LogP contribution >= 0.6 is 0 Å². The predicted octanol–water partition coefficient (Wildman–Crippen LogP) is 3.07. The second-order valence-corrected chi connectivity index (χ2v) is 3.45. The smallest absolute Gasteiger partial charge is 0.144 e. The monoisotopic (exact) mass is 199 g/mol. The van der Waals surface area contributed by atoms with E-state index in [1.54, 1.807) is 19.5 Å². The number of aryl methyl sites for hydroxylation is 1. The highest BCUT2D eigenvalue weighted by atomic mass is 16.5. The van der Waals surface area contributed by atoms with Gasteiger partial charge in [0, 0.05) is 11.8 Å². The van der Waals surface area contributed by atoms with Crippen LogP contribution in [-0.2, 0) is 0 Å². The molecule has 0 amide bonds. The molecule has 0 aliphatic rings. The highest BCUT2D eigenvalue weighted by Crippen LogP contribution is 2.28. The zero-order valence-corrected chi connectivity index (χ0v) is 8.90. The number of nitrogens with zero attached hydrogens (tertiary/aromatic N) is 1. The lowest BCUT2D eigenvalue weighted by Gasteiger charge is -2.07. The minimum atomic E-state index is 0.808. The number of aromatic nitrogens is 1. The van der Waals surface area contributed by atoms with Gasteiger partial charge in [0.2, 0.25) is 0 Å². The zero-order valence-electron chi connectivity index (χ0n) is 8.90. The number of rotatable bonds is 2. The number of methoxy groups -OCH3 is 1. The van der Waals surface area contributed by atoms with Crippen molar-refractivity contribution in [3.63, 3.8) is 0 Å². The molecule has 0 aliphatic carbocycles. The highest BCUT2D eigenvalue weighted by Gasteiger charge is 2.04. The molecular formula is C13H13NO. The lowest BCUT2D eigenvalue weighted by molar-refractivity contribution is 0.414. The van der Waals surface area contributed by atoms with Crippen molar-refractivity contribution in [2.75, 3.05) is 7.11 Å². The highest BCUT2D eigenvalue weighted by molar-refractivity contribution is 5.70. The Labute approximate surface area is 89.6 Å². The van der Waals surface area contributed by atoms with Crippen LogP contribution in [-0.4, -0.2) is 12.1 Å². The first-order valence-corrected chi connectivity index (χ1v) is 4.86. The Kier molecular flexibility index (Phi) is 2.68. The van der Waals surface area contributed by atoms with Crippen LogP contribution in [0, 0.1) is 6.92 Å². The van der Waals surface area contributed by atoms with Gasteiger partial charge in [-0.2, -0.15) is 0 Å². The van der Waals surface area contributed by atoms with Gasteiger partial charge in [-0.05, 0) is 18.6 Å². The molecule has 0 radical (unpaired) electrons. The summed E-state index contributed by atoms with van der Waals surface area (Å²) < 4.78 is 5.28. The molecule has 2 heteroatoms. The van der Waals surface area contributed by atoms with E-state index in [4.69, 9.17) is 4.74 Å². The summed E-state index contributed by atoms with van der Waals surface area (Å²) >= 11 is 0. The van der Waals surface area contributed by atoms with Gasteiger partial charge < -0.3 is 4.74 Å². The quantitative estimate of drug-likeness (QED) is 0.741. The van der Waals surface area contributed by atoms with Gasteiger partial charge in [0.05, 0.1) is 13.3 Å². The molecular weight excluding hydrogens is 186 g/mol. The molecule has 1 aromatic heterocycles. The lowest BCUT2D eigenvalue weighted by atomic mass is 10.0. The van der Waals surface area contributed by atoms with Crippen LogP contribution in [0.2, 0.25) is 0 Å². The Morgan fingerprint density at radius 2 is 2.07 bits per heavy atom. The van der Waals surface area contributed by atoms with Gasteiger partial charge in [-0.15, -0.1) is 0 Å². The van der Waals surface area contributed by atoms with Crippen molar-refractivity contribution in [3.8, 4) is 16.9 Å². The van der Waals surface area contributed by atoms with E-state index < -0.39 is 0 Å². The fourth-order valence-corrected chi connectivity index (χ4v) is 1.59. The molecule has 0 fully saturated rings. The minimum Gasteiger partial charge on any atom is -0.494 e. The van der Waals surface area contributed by atoms with E-state index in [1.165, 1.54) is 5.56 Å². The van der Waals surface area contributed by atoms with Gasteiger partial charge in [0.25, 0.3) is 0 Å². The molecule has 0 unspecified atom stereocenters. The first-order valence-electron chi connectivity index (χ1n) is 4.86. The summed E-state index contributed by atoms with van der Waals surface area (Å²) in [6, 6.07) is 10.3. The summed E-state index contributed by atoms with van der Waals surface area (Å²) in [6.45, 7) is 2.08. The SMILES string of the molecule is COc1cnccc1-c1cccc(C)c1. The predicted molar refractivity (Wildman–Crippen MR) is 61.0 cm³/mol. The van der Waals surface area contributed by atoms with Gasteiger partial charge >= 0.3 is 0 Å². The van der Waals surface area contributed by atoms with Gasteiger partial charge in [-0.1, -0.05) is 29.8 Å². The van der Waals surface area contributed by atoms with Crippen LogP contribution in [0.25, 0.3) is 11.1 Å². The Hall–Kier alpha value is -1.83. The summed E-state index contributed by atoms with van der Waals surface area (Å²) in [6.07, 6.45) is 3.51. The second-order valence-electron chi connectivity index (χ2n) is 3.45. The molecule has 2 rings (SSSR count). The van der Waals surface area contributed by atoms with E-state index in [0.717, 1.165) is 16.9 Å². The molecule has 15 heavy (non-hydrogen) atoms. The van der Waals surface area contributed by atoms with Gasteiger partial charge in [-0.25, -0.2) is 0 Å². The first kappa shape index (κ1) is 9.71. The molecule has 0 bridgehead atoms. The fourth-order valence-electron chi connectivity index (χ4n) is 1.59. The Bertz CT molecular complexity index is 466. The minimum absolute atomic E-state index is 0.808. The molecule has 1 aromatic carbocycles. The van der Waals surface area contributed by atoms with E-state index >= 15 is 0 Å². The van der Waals surface area contributed by atoms with Crippen molar-refractivity contribution in [1.29, 1.82) is 0 Å².